The molecule has 118 valence electrons. The van der Waals surface area contributed by atoms with Crippen LogP contribution in [0.4, 0.5) is 4.39 Å². The molecule has 4 heteroatoms. The van der Waals surface area contributed by atoms with Gasteiger partial charge >= 0.3 is 0 Å². The molecule has 0 heterocycles. The third kappa shape index (κ3) is 4.72. The molecule has 0 aliphatic carbocycles. The zero-order valence-corrected chi connectivity index (χ0v) is 13.7. The molecule has 2 aromatic rings. The summed E-state index contributed by atoms with van der Waals surface area (Å²) < 4.78 is 19.6. The molecule has 0 radical (unpaired) electrons. The fourth-order valence-electron chi connectivity index (χ4n) is 2.26. The van der Waals surface area contributed by atoms with E-state index < -0.39 is 0 Å². The van der Waals surface area contributed by atoms with E-state index in [4.69, 9.17) is 16.3 Å². The summed E-state index contributed by atoms with van der Waals surface area (Å²) in [4.78, 5) is 2.16. The molecule has 0 fully saturated rings. The molecule has 2 nitrogen and oxygen atoms in total. The summed E-state index contributed by atoms with van der Waals surface area (Å²) >= 11 is 6.03. The fraction of sp³-hybridized carbons (Fsp3) is 0.333. The summed E-state index contributed by atoms with van der Waals surface area (Å²) in [5.74, 6) is 0.457. The molecule has 0 aliphatic heterocycles. The van der Waals surface area contributed by atoms with Crippen molar-refractivity contribution in [2.45, 2.75) is 19.4 Å². The number of halogens is 2. The third-order valence-electron chi connectivity index (χ3n) is 3.46. The van der Waals surface area contributed by atoms with Crippen LogP contribution in [0.25, 0.3) is 0 Å². The number of ether oxygens (including phenoxy) is 1. The maximum Gasteiger partial charge on any atom is 0.131 e. The lowest BCUT2D eigenvalue weighted by Gasteiger charge is -2.14. The Kier molecular flexibility index (Phi) is 6.22. The molecule has 22 heavy (non-hydrogen) atoms. The van der Waals surface area contributed by atoms with E-state index in [1.165, 1.54) is 6.07 Å². The fourth-order valence-corrected chi connectivity index (χ4v) is 2.47. The molecule has 0 bridgehead atoms. The minimum atomic E-state index is -0.336. The number of hydrogen-bond donors (Lipinski definition) is 0. The molecule has 0 atom stereocenters. The lowest BCUT2D eigenvalue weighted by molar-refractivity contribution is 0.296. The lowest BCUT2D eigenvalue weighted by atomic mass is 10.1. The average molecular weight is 322 g/mol. The van der Waals surface area contributed by atoms with Crippen LogP contribution < -0.4 is 4.74 Å². The molecule has 0 N–H and O–H groups in total. The first-order valence-corrected chi connectivity index (χ1v) is 7.74. The zero-order chi connectivity index (χ0) is 15.9. The SMILES string of the molecule is CN(C)CCCc1ccccc1OCc1c(F)cccc1Cl. The molecule has 2 aromatic carbocycles. The molecule has 0 unspecified atom stereocenters. The van der Waals surface area contributed by atoms with Crippen molar-refractivity contribution in [1.82, 2.24) is 4.90 Å². The van der Waals surface area contributed by atoms with Gasteiger partial charge in [0.25, 0.3) is 0 Å². The Morgan fingerprint density at radius 3 is 2.59 bits per heavy atom. The van der Waals surface area contributed by atoms with Crippen molar-refractivity contribution in [3.8, 4) is 5.75 Å². The second-order valence-corrected chi connectivity index (χ2v) is 5.91. The van der Waals surface area contributed by atoms with Crippen LogP contribution in [0.1, 0.15) is 17.5 Å². The van der Waals surface area contributed by atoms with E-state index in [0.717, 1.165) is 30.7 Å². The van der Waals surface area contributed by atoms with Crippen LogP contribution in [0.2, 0.25) is 5.02 Å². The van der Waals surface area contributed by atoms with Crippen LogP contribution in [-0.2, 0) is 13.0 Å². The normalized spacial score (nSPS) is 11.0. The van der Waals surface area contributed by atoms with E-state index in [9.17, 15) is 4.39 Å². The number of nitrogens with zero attached hydrogens (tertiary/aromatic N) is 1. The molecule has 0 saturated heterocycles. The summed E-state index contributed by atoms with van der Waals surface area (Å²) in [5, 5.41) is 0.394. The van der Waals surface area contributed by atoms with Crippen LogP contribution in [-0.4, -0.2) is 25.5 Å². The highest BCUT2D eigenvalue weighted by Gasteiger charge is 2.09. The molecule has 0 aromatic heterocycles. The summed E-state index contributed by atoms with van der Waals surface area (Å²) in [6.45, 7) is 1.16. The Morgan fingerprint density at radius 2 is 1.86 bits per heavy atom. The van der Waals surface area contributed by atoms with Crippen molar-refractivity contribution in [3.63, 3.8) is 0 Å². The Labute approximate surface area is 136 Å². The monoisotopic (exact) mass is 321 g/mol. The van der Waals surface area contributed by atoms with Gasteiger partial charge < -0.3 is 9.64 Å². The van der Waals surface area contributed by atoms with E-state index in [-0.39, 0.29) is 12.4 Å². The molecular formula is C18H21ClFNO. The second kappa shape index (κ2) is 8.16. The van der Waals surface area contributed by atoms with Crippen molar-refractivity contribution in [1.29, 1.82) is 0 Å². The smallest absolute Gasteiger partial charge is 0.131 e. The first-order valence-electron chi connectivity index (χ1n) is 7.36. The van der Waals surface area contributed by atoms with Crippen LogP contribution >= 0.6 is 11.6 Å². The van der Waals surface area contributed by atoms with Gasteiger partial charge in [-0.2, -0.15) is 0 Å². The Morgan fingerprint density at radius 1 is 1.09 bits per heavy atom. The predicted molar refractivity (Wildman–Crippen MR) is 89.1 cm³/mol. The first kappa shape index (κ1) is 16.8. The van der Waals surface area contributed by atoms with Gasteiger partial charge in [-0.3, -0.25) is 0 Å². The quantitative estimate of drug-likeness (QED) is 0.741. The molecule has 0 amide bonds. The second-order valence-electron chi connectivity index (χ2n) is 5.50. The Bertz CT molecular complexity index is 596. The number of hydrogen-bond acceptors (Lipinski definition) is 2. The van der Waals surface area contributed by atoms with Crippen LogP contribution in [0, 0.1) is 5.82 Å². The van der Waals surface area contributed by atoms with E-state index in [1.807, 2.05) is 24.3 Å². The van der Waals surface area contributed by atoms with Gasteiger partial charge in [-0.1, -0.05) is 35.9 Å². The summed E-state index contributed by atoms with van der Waals surface area (Å²) in [6.07, 6.45) is 1.98. The van der Waals surface area contributed by atoms with Crippen LogP contribution in [0.3, 0.4) is 0 Å². The van der Waals surface area contributed by atoms with E-state index in [1.54, 1.807) is 12.1 Å². The molecule has 0 aliphatic rings. The van der Waals surface area contributed by atoms with Gasteiger partial charge in [-0.15, -0.1) is 0 Å². The minimum absolute atomic E-state index is 0.135. The van der Waals surface area contributed by atoms with Gasteiger partial charge in [0.05, 0.1) is 5.02 Å². The zero-order valence-electron chi connectivity index (χ0n) is 13.0. The number of aryl methyl sites for hydroxylation is 1. The highest BCUT2D eigenvalue weighted by Crippen LogP contribution is 2.24. The van der Waals surface area contributed by atoms with Crippen molar-refractivity contribution in [2.75, 3.05) is 20.6 Å². The maximum atomic E-state index is 13.8. The number of para-hydroxylation sites is 1. The van der Waals surface area contributed by atoms with Crippen molar-refractivity contribution in [2.24, 2.45) is 0 Å². The van der Waals surface area contributed by atoms with Gasteiger partial charge in [-0.25, -0.2) is 4.39 Å². The number of benzene rings is 2. The Balaban J connectivity index is 2.03. The van der Waals surface area contributed by atoms with Gasteiger partial charge in [0, 0.05) is 5.56 Å². The van der Waals surface area contributed by atoms with Crippen molar-refractivity contribution >= 4 is 11.6 Å². The summed E-state index contributed by atoms with van der Waals surface area (Å²) in [5.41, 5.74) is 1.53. The van der Waals surface area contributed by atoms with E-state index in [2.05, 4.69) is 19.0 Å². The topological polar surface area (TPSA) is 12.5 Å². The van der Waals surface area contributed by atoms with Crippen molar-refractivity contribution in [3.05, 3.63) is 64.4 Å². The van der Waals surface area contributed by atoms with Gasteiger partial charge in [0.1, 0.15) is 18.2 Å². The van der Waals surface area contributed by atoms with Crippen LogP contribution in [0.5, 0.6) is 5.75 Å². The largest absolute Gasteiger partial charge is 0.488 e. The standard InChI is InChI=1S/C18H21ClFNO/c1-21(2)12-6-8-14-7-3-4-11-18(14)22-13-15-16(19)9-5-10-17(15)20/h3-5,7,9-11H,6,8,12-13H2,1-2H3. The molecular weight excluding hydrogens is 301 g/mol. The molecule has 2 rings (SSSR count). The summed E-state index contributed by atoms with van der Waals surface area (Å²) in [7, 11) is 4.12. The van der Waals surface area contributed by atoms with E-state index >= 15 is 0 Å². The predicted octanol–water partition coefficient (Wildman–Crippen LogP) is 4.55. The van der Waals surface area contributed by atoms with E-state index in [0.29, 0.717) is 10.6 Å². The minimum Gasteiger partial charge on any atom is -0.488 e. The van der Waals surface area contributed by atoms with Gasteiger partial charge in [0.2, 0.25) is 0 Å². The van der Waals surface area contributed by atoms with Gasteiger partial charge in [-0.05, 0) is 57.2 Å². The lowest BCUT2D eigenvalue weighted by Crippen LogP contribution is -2.13. The highest BCUT2D eigenvalue weighted by molar-refractivity contribution is 6.31. The first-order chi connectivity index (χ1) is 10.6. The Hall–Kier alpha value is -1.58. The van der Waals surface area contributed by atoms with Crippen molar-refractivity contribution < 1.29 is 9.13 Å². The van der Waals surface area contributed by atoms with Gasteiger partial charge in [0.15, 0.2) is 0 Å². The molecule has 0 saturated carbocycles. The molecule has 0 spiro atoms. The van der Waals surface area contributed by atoms with Crippen LogP contribution in [0.15, 0.2) is 42.5 Å². The number of rotatable bonds is 7. The summed E-state index contributed by atoms with van der Waals surface area (Å²) in [6, 6.07) is 12.5. The highest BCUT2D eigenvalue weighted by atomic mass is 35.5. The average Bonchev–Trinajstić information content (AvgIpc) is 2.48. The third-order valence-corrected chi connectivity index (χ3v) is 3.81. The maximum absolute atomic E-state index is 13.8.